The first-order valence-corrected chi connectivity index (χ1v) is 10.7. The molecule has 2 aromatic heterocycles. The highest BCUT2D eigenvalue weighted by Gasteiger charge is 2.23. The maximum Gasteiger partial charge on any atom is 0.233 e. The monoisotopic (exact) mass is 390 g/mol. The number of amides is 1. The van der Waals surface area contributed by atoms with Crippen LogP contribution in [0.3, 0.4) is 0 Å². The van der Waals surface area contributed by atoms with Gasteiger partial charge in [0.2, 0.25) is 5.91 Å². The number of benzene rings is 2. The van der Waals surface area contributed by atoms with Gasteiger partial charge in [-0.3, -0.25) is 9.20 Å². The molecule has 0 spiro atoms. The second kappa shape index (κ2) is 7.09. The predicted octanol–water partition coefficient (Wildman–Crippen LogP) is 4.58. The van der Waals surface area contributed by atoms with E-state index in [-0.39, 0.29) is 11.2 Å². The largest absolute Gasteiger partial charge is 0.352 e. The lowest BCUT2D eigenvalue weighted by atomic mass is 10.2. The SMILES string of the molecule is C[C@H](Sc1nc2ccccc2c2nc3ccccc3n12)C(=O)NC1CCCC1. The Morgan fingerprint density at radius 1 is 1.07 bits per heavy atom. The quantitative estimate of drug-likeness (QED) is 0.409. The number of hydrogen-bond acceptors (Lipinski definition) is 4. The van der Waals surface area contributed by atoms with Crippen LogP contribution in [-0.2, 0) is 4.79 Å². The van der Waals surface area contributed by atoms with Crippen molar-refractivity contribution in [2.24, 2.45) is 0 Å². The average molecular weight is 391 g/mol. The molecule has 1 fully saturated rings. The Kier molecular flexibility index (Phi) is 4.43. The summed E-state index contributed by atoms with van der Waals surface area (Å²) in [6, 6.07) is 16.4. The number of imidazole rings is 1. The topological polar surface area (TPSA) is 59.3 Å². The molecular formula is C22H22N4OS. The van der Waals surface area contributed by atoms with E-state index in [1.54, 1.807) is 0 Å². The van der Waals surface area contributed by atoms with E-state index in [0.717, 1.165) is 45.6 Å². The van der Waals surface area contributed by atoms with E-state index in [9.17, 15) is 4.79 Å². The van der Waals surface area contributed by atoms with E-state index in [2.05, 4.69) is 15.8 Å². The third kappa shape index (κ3) is 3.02. The van der Waals surface area contributed by atoms with Gasteiger partial charge in [0.05, 0.1) is 21.8 Å². The molecule has 2 aromatic carbocycles. The summed E-state index contributed by atoms with van der Waals surface area (Å²) in [5.74, 6) is 0.0874. The Morgan fingerprint density at radius 2 is 1.79 bits per heavy atom. The first kappa shape index (κ1) is 17.5. The van der Waals surface area contributed by atoms with Crippen molar-refractivity contribution in [3.63, 3.8) is 0 Å². The van der Waals surface area contributed by atoms with Crippen LogP contribution in [0.2, 0.25) is 0 Å². The first-order chi connectivity index (χ1) is 13.7. The van der Waals surface area contributed by atoms with E-state index in [4.69, 9.17) is 9.97 Å². The lowest BCUT2D eigenvalue weighted by Gasteiger charge is -2.17. The van der Waals surface area contributed by atoms with Gasteiger partial charge in [0.25, 0.3) is 0 Å². The van der Waals surface area contributed by atoms with E-state index in [1.807, 2.05) is 49.4 Å². The summed E-state index contributed by atoms with van der Waals surface area (Å²) < 4.78 is 2.09. The molecule has 0 aliphatic heterocycles. The van der Waals surface area contributed by atoms with Crippen LogP contribution >= 0.6 is 11.8 Å². The number of carbonyl (C=O) groups excluding carboxylic acids is 1. The zero-order valence-electron chi connectivity index (χ0n) is 15.8. The van der Waals surface area contributed by atoms with Crippen LogP contribution in [0.15, 0.2) is 53.7 Å². The maximum absolute atomic E-state index is 12.7. The zero-order valence-corrected chi connectivity index (χ0v) is 16.6. The molecule has 6 heteroatoms. The Balaban J connectivity index is 1.58. The van der Waals surface area contributed by atoms with Crippen molar-refractivity contribution in [1.82, 2.24) is 19.7 Å². The molecule has 4 aromatic rings. The lowest BCUT2D eigenvalue weighted by molar-refractivity contribution is -0.120. The van der Waals surface area contributed by atoms with Gasteiger partial charge in [-0.2, -0.15) is 0 Å². The summed E-state index contributed by atoms with van der Waals surface area (Å²) in [7, 11) is 0. The highest BCUT2D eigenvalue weighted by atomic mass is 32.2. The standard InChI is InChI=1S/C22H22N4OS/c1-14(21(27)23-15-8-2-3-9-15)28-22-25-17-11-5-4-10-16(17)20-24-18-12-6-7-13-19(18)26(20)22/h4-7,10-15H,2-3,8-9H2,1H3,(H,23,27)/t14-/m0/s1. The molecule has 5 rings (SSSR count). The highest BCUT2D eigenvalue weighted by Crippen LogP contribution is 2.31. The molecule has 0 radical (unpaired) electrons. The second-order valence-electron chi connectivity index (χ2n) is 7.42. The van der Waals surface area contributed by atoms with Gasteiger partial charge < -0.3 is 5.32 Å². The van der Waals surface area contributed by atoms with Crippen molar-refractivity contribution >= 4 is 45.3 Å². The van der Waals surface area contributed by atoms with Crippen molar-refractivity contribution in [3.05, 3.63) is 48.5 Å². The molecule has 0 unspecified atom stereocenters. The van der Waals surface area contributed by atoms with Gasteiger partial charge in [-0.05, 0) is 44.0 Å². The van der Waals surface area contributed by atoms with Gasteiger partial charge in [-0.15, -0.1) is 0 Å². The molecule has 1 aliphatic carbocycles. The number of fused-ring (bicyclic) bond motifs is 5. The van der Waals surface area contributed by atoms with Crippen LogP contribution in [0.1, 0.15) is 32.6 Å². The molecule has 28 heavy (non-hydrogen) atoms. The Hall–Kier alpha value is -2.60. The third-order valence-electron chi connectivity index (χ3n) is 5.47. The van der Waals surface area contributed by atoms with Crippen LogP contribution in [0.25, 0.3) is 27.6 Å². The fourth-order valence-corrected chi connectivity index (χ4v) is 4.93. The van der Waals surface area contributed by atoms with Crippen molar-refractivity contribution in [3.8, 4) is 0 Å². The minimum Gasteiger partial charge on any atom is -0.352 e. The Morgan fingerprint density at radius 3 is 2.61 bits per heavy atom. The molecule has 0 bridgehead atoms. The summed E-state index contributed by atoms with van der Waals surface area (Å²) >= 11 is 1.50. The van der Waals surface area contributed by atoms with Crippen LogP contribution in [0, 0.1) is 0 Å². The number of nitrogens with one attached hydrogen (secondary N) is 1. The number of thioether (sulfide) groups is 1. The smallest absolute Gasteiger partial charge is 0.233 e. The molecule has 1 atom stereocenters. The third-order valence-corrected chi connectivity index (χ3v) is 6.52. The number of aromatic nitrogens is 3. The van der Waals surface area contributed by atoms with Gasteiger partial charge in [0.15, 0.2) is 5.16 Å². The number of rotatable bonds is 4. The summed E-state index contributed by atoms with van der Waals surface area (Å²) in [6.07, 6.45) is 4.60. The minimum absolute atomic E-state index is 0.0874. The van der Waals surface area contributed by atoms with Gasteiger partial charge >= 0.3 is 0 Å². The van der Waals surface area contributed by atoms with Crippen LogP contribution in [0.5, 0.6) is 0 Å². The fraction of sp³-hybridized carbons (Fsp3) is 0.318. The van der Waals surface area contributed by atoms with Crippen molar-refractivity contribution in [1.29, 1.82) is 0 Å². The first-order valence-electron chi connectivity index (χ1n) is 9.84. The number of carbonyl (C=O) groups is 1. The van der Waals surface area contributed by atoms with E-state index >= 15 is 0 Å². The van der Waals surface area contributed by atoms with Gasteiger partial charge in [0.1, 0.15) is 5.65 Å². The van der Waals surface area contributed by atoms with E-state index < -0.39 is 0 Å². The zero-order chi connectivity index (χ0) is 19.1. The average Bonchev–Trinajstić information content (AvgIpc) is 3.35. The number of hydrogen-bond donors (Lipinski definition) is 1. The van der Waals surface area contributed by atoms with Gasteiger partial charge in [-0.25, -0.2) is 9.97 Å². The maximum atomic E-state index is 12.7. The van der Waals surface area contributed by atoms with Crippen molar-refractivity contribution in [2.45, 2.75) is 49.1 Å². The summed E-state index contributed by atoms with van der Waals surface area (Å²) in [4.78, 5) is 22.5. The second-order valence-corrected chi connectivity index (χ2v) is 8.73. The lowest BCUT2D eigenvalue weighted by Crippen LogP contribution is -2.37. The summed E-state index contributed by atoms with van der Waals surface area (Å²) in [5, 5.41) is 4.80. The van der Waals surface area contributed by atoms with Crippen molar-refractivity contribution < 1.29 is 4.79 Å². The number of para-hydroxylation sites is 3. The molecular weight excluding hydrogens is 368 g/mol. The van der Waals surface area contributed by atoms with Crippen LogP contribution < -0.4 is 5.32 Å². The summed E-state index contributed by atoms with van der Waals surface area (Å²) in [5.41, 5.74) is 3.74. The Labute approximate surface area is 167 Å². The van der Waals surface area contributed by atoms with E-state index in [1.165, 1.54) is 24.6 Å². The number of nitrogens with zero attached hydrogens (tertiary/aromatic N) is 3. The minimum atomic E-state index is -0.223. The van der Waals surface area contributed by atoms with Gasteiger partial charge in [-0.1, -0.05) is 48.9 Å². The molecule has 1 amide bonds. The predicted molar refractivity (Wildman–Crippen MR) is 114 cm³/mol. The molecule has 0 saturated heterocycles. The molecule has 2 heterocycles. The fourth-order valence-electron chi connectivity index (χ4n) is 3.99. The van der Waals surface area contributed by atoms with Crippen LogP contribution in [0.4, 0.5) is 0 Å². The molecule has 1 saturated carbocycles. The van der Waals surface area contributed by atoms with Gasteiger partial charge in [0, 0.05) is 11.4 Å². The van der Waals surface area contributed by atoms with Crippen LogP contribution in [-0.4, -0.2) is 31.6 Å². The van der Waals surface area contributed by atoms with E-state index in [0.29, 0.717) is 6.04 Å². The molecule has 142 valence electrons. The highest BCUT2D eigenvalue weighted by molar-refractivity contribution is 8.00. The Bertz CT molecular complexity index is 1180. The molecule has 1 aliphatic rings. The molecule has 5 nitrogen and oxygen atoms in total. The normalized spacial score (nSPS) is 16.2. The molecule has 1 N–H and O–H groups in total. The summed E-state index contributed by atoms with van der Waals surface area (Å²) in [6.45, 7) is 1.96. The van der Waals surface area contributed by atoms with Crippen molar-refractivity contribution in [2.75, 3.05) is 0 Å².